The lowest BCUT2D eigenvalue weighted by atomic mass is 10.1. The summed E-state index contributed by atoms with van der Waals surface area (Å²) >= 11 is 0. The maximum absolute atomic E-state index is 11.7. The highest BCUT2D eigenvalue weighted by molar-refractivity contribution is 5.93. The molecule has 0 aromatic heterocycles. The molecule has 2 aromatic rings. The molecule has 2 rings (SSSR count). The van der Waals surface area contributed by atoms with Gasteiger partial charge in [-0.25, -0.2) is 0 Å². The van der Waals surface area contributed by atoms with E-state index in [0.29, 0.717) is 0 Å². The summed E-state index contributed by atoms with van der Waals surface area (Å²) in [5.74, 6) is -0.634. The quantitative estimate of drug-likeness (QED) is 0.672. The van der Waals surface area contributed by atoms with Crippen molar-refractivity contribution in [2.45, 2.75) is 13.3 Å². The van der Waals surface area contributed by atoms with Gasteiger partial charge in [0.2, 0.25) is 5.91 Å². The van der Waals surface area contributed by atoms with Gasteiger partial charge >= 0.3 is 0 Å². The number of hydrazine groups is 1. The molecule has 112 valence electrons. The van der Waals surface area contributed by atoms with Gasteiger partial charge in [0.15, 0.2) is 0 Å². The van der Waals surface area contributed by atoms with E-state index in [0.717, 1.165) is 16.7 Å². The number of carbonyl (C=O) groups excluding carboxylic acids is 2. The largest absolute Gasteiger partial charge is 0.273 e. The molecule has 0 aliphatic rings. The number of amides is 2. The normalized spacial score (nSPS) is 10.4. The number of hydrogen-bond donors (Lipinski definition) is 2. The SMILES string of the molecule is Cc1ccc(/C=C/C(=O)NNC(=O)Cc2ccccc2)cc1. The van der Waals surface area contributed by atoms with E-state index in [1.54, 1.807) is 6.08 Å². The Balaban J connectivity index is 1.77. The van der Waals surface area contributed by atoms with Crippen LogP contribution in [0.4, 0.5) is 0 Å². The van der Waals surface area contributed by atoms with Gasteiger partial charge in [0.05, 0.1) is 6.42 Å². The fourth-order valence-corrected chi connectivity index (χ4v) is 1.85. The molecule has 0 atom stereocenters. The van der Waals surface area contributed by atoms with Gasteiger partial charge in [-0.1, -0.05) is 60.2 Å². The summed E-state index contributed by atoms with van der Waals surface area (Å²) in [6.45, 7) is 2.00. The van der Waals surface area contributed by atoms with E-state index in [1.165, 1.54) is 6.08 Å². The van der Waals surface area contributed by atoms with Gasteiger partial charge in [-0.15, -0.1) is 0 Å². The Kier molecular flexibility index (Phi) is 5.49. The summed E-state index contributed by atoms with van der Waals surface area (Å²) in [5.41, 5.74) is 7.73. The number of benzene rings is 2. The molecule has 0 spiro atoms. The van der Waals surface area contributed by atoms with Crippen molar-refractivity contribution in [3.05, 3.63) is 77.4 Å². The smallest absolute Gasteiger partial charge is 0.262 e. The van der Waals surface area contributed by atoms with Gasteiger partial charge in [-0.05, 0) is 24.1 Å². The number of rotatable bonds is 4. The third kappa shape index (κ3) is 5.25. The Morgan fingerprint density at radius 1 is 0.955 bits per heavy atom. The summed E-state index contributed by atoms with van der Waals surface area (Å²) in [6.07, 6.45) is 3.30. The van der Waals surface area contributed by atoms with Crippen molar-refractivity contribution in [1.29, 1.82) is 0 Å². The minimum Gasteiger partial charge on any atom is -0.273 e. The van der Waals surface area contributed by atoms with Crippen LogP contribution in [0.25, 0.3) is 6.08 Å². The minimum absolute atomic E-state index is 0.225. The molecule has 0 saturated heterocycles. The number of nitrogens with one attached hydrogen (secondary N) is 2. The summed E-state index contributed by atoms with van der Waals surface area (Å²) in [4.78, 5) is 23.3. The van der Waals surface area contributed by atoms with Crippen LogP contribution in [0.2, 0.25) is 0 Å². The molecule has 2 N–H and O–H groups in total. The van der Waals surface area contributed by atoms with E-state index in [4.69, 9.17) is 0 Å². The highest BCUT2D eigenvalue weighted by atomic mass is 16.2. The Bertz CT molecular complexity index is 661. The monoisotopic (exact) mass is 294 g/mol. The van der Waals surface area contributed by atoms with Gasteiger partial charge in [-0.2, -0.15) is 0 Å². The molecule has 4 heteroatoms. The molecular formula is C18H18N2O2. The third-order valence-electron chi connectivity index (χ3n) is 3.04. The van der Waals surface area contributed by atoms with Crippen LogP contribution < -0.4 is 10.9 Å². The van der Waals surface area contributed by atoms with Crippen LogP contribution in [0, 0.1) is 6.92 Å². The van der Waals surface area contributed by atoms with E-state index in [2.05, 4.69) is 10.9 Å². The lowest BCUT2D eigenvalue weighted by Gasteiger charge is -2.05. The van der Waals surface area contributed by atoms with Crippen LogP contribution in [-0.4, -0.2) is 11.8 Å². The van der Waals surface area contributed by atoms with Crippen LogP contribution in [-0.2, 0) is 16.0 Å². The first-order valence-corrected chi connectivity index (χ1v) is 7.01. The van der Waals surface area contributed by atoms with Crippen molar-refractivity contribution in [2.75, 3.05) is 0 Å². The van der Waals surface area contributed by atoms with Gasteiger partial charge < -0.3 is 0 Å². The van der Waals surface area contributed by atoms with Gasteiger partial charge in [-0.3, -0.25) is 20.4 Å². The average Bonchev–Trinajstić information content (AvgIpc) is 2.53. The Hall–Kier alpha value is -2.88. The zero-order valence-corrected chi connectivity index (χ0v) is 12.4. The molecule has 0 bridgehead atoms. The van der Waals surface area contributed by atoms with Crippen LogP contribution in [0.1, 0.15) is 16.7 Å². The molecule has 22 heavy (non-hydrogen) atoms. The highest BCUT2D eigenvalue weighted by Gasteiger charge is 2.03. The van der Waals surface area contributed by atoms with Crippen LogP contribution >= 0.6 is 0 Å². The van der Waals surface area contributed by atoms with E-state index in [-0.39, 0.29) is 18.2 Å². The molecule has 0 radical (unpaired) electrons. The number of carbonyl (C=O) groups is 2. The van der Waals surface area contributed by atoms with E-state index < -0.39 is 0 Å². The molecule has 2 amide bonds. The second-order valence-electron chi connectivity index (χ2n) is 4.94. The Morgan fingerprint density at radius 2 is 1.64 bits per heavy atom. The second-order valence-corrected chi connectivity index (χ2v) is 4.94. The second kappa shape index (κ2) is 7.78. The van der Waals surface area contributed by atoms with Crippen LogP contribution in [0.15, 0.2) is 60.7 Å². The highest BCUT2D eigenvalue weighted by Crippen LogP contribution is 2.04. The molecule has 4 nitrogen and oxygen atoms in total. The van der Waals surface area contributed by atoms with Crippen molar-refractivity contribution < 1.29 is 9.59 Å². The van der Waals surface area contributed by atoms with Crippen molar-refractivity contribution in [1.82, 2.24) is 10.9 Å². The fraction of sp³-hybridized carbons (Fsp3) is 0.111. The molecule has 0 aliphatic heterocycles. The van der Waals surface area contributed by atoms with E-state index in [9.17, 15) is 9.59 Å². The molecule has 0 fully saturated rings. The fourth-order valence-electron chi connectivity index (χ4n) is 1.85. The molecule has 2 aromatic carbocycles. The molecule has 0 aliphatic carbocycles. The number of hydrogen-bond acceptors (Lipinski definition) is 2. The molecular weight excluding hydrogens is 276 g/mol. The molecule has 0 heterocycles. The third-order valence-corrected chi connectivity index (χ3v) is 3.04. The summed E-state index contributed by atoms with van der Waals surface area (Å²) in [6, 6.07) is 17.1. The molecule has 0 saturated carbocycles. The Labute approximate surface area is 129 Å². The standard InChI is InChI=1S/C18H18N2O2/c1-14-7-9-15(10-8-14)11-12-17(21)19-20-18(22)13-16-5-3-2-4-6-16/h2-12H,13H2,1H3,(H,19,21)(H,20,22)/b12-11+. The van der Waals surface area contributed by atoms with Crippen molar-refractivity contribution in [3.63, 3.8) is 0 Å². The summed E-state index contributed by atoms with van der Waals surface area (Å²) in [5, 5.41) is 0. The van der Waals surface area contributed by atoms with Gasteiger partial charge in [0.25, 0.3) is 5.91 Å². The lowest BCUT2D eigenvalue weighted by Crippen LogP contribution is -2.41. The number of aryl methyl sites for hydroxylation is 1. The average molecular weight is 294 g/mol. The zero-order chi connectivity index (χ0) is 15.8. The van der Waals surface area contributed by atoms with Gasteiger partial charge in [0.1, 0.15) is 0 Å². The van der Waals surface area contributed by atoms with Crippen LogP contribution in [0.3, 0.4) is 0 Å². The van der Waals surface area contributed by atoms with Crippen molar-refractivity contribution in [3.8, 4) is 0 Å². The van der Waals surface area contributed by atoms with Crippen LogP contribution in [0.5, 0.6) is 0 Å². The van der Waals surface area contributed by atoms with Crippen molar-refractivity contribution in [2.24, 2.45) is 0 Å². The minimum atomic E-state index is -0.373. The first kappa shape index (κ1) is 15.5. The summed E-state index contributed by atoms with van der Waals surface area (Å²) in [7, 11) is 0. The van der Waals surface area contributed by atoms with Crippen molar-refractivity contribution >= 4 is 17.9 Å². The predicted molar refractivity (Wildman–Crippen MR) is 86.6 cm³/mol. The zero-order valence-electron chi connectivity index (χ0n) is 12.4. The topological polar surface area (TPSA) is 58.2 Å². The predicted octanol–water partition coefficient (Wildman–Crippen LogP) is 2.40. The maximum atomic E-state index is 11.7. The summed E-state index contributed by atoms with van der Waals surface area (Å²) < 4.78 is 0. The lowest BCUT2D eigenvalue weighted by molar-refractivity contribution is -0.126. The first-order valence-electron chi connectivity index (χ1n) is 7.01. The van der Waals surface area contributed by atoms with Gasteiger partial charge in [0, 0.05) is 6.08 Å². The maximum Gasteiger partial charge on any atom is 0.262 e. The van der Waals surface area contributed by atoms with E-state index >= 15 is 0 Å². The van der Waals surface area contributed by atoms with E-state index in [1.807, 2.05) is 61.5 Å². The Morgan fingerprint density at radius 3 is 2.32 bits per heavy atom. The molecule has 0 unspecified atom stereocenters. The first-order chi connectivity index (χ1) is 10.6.